The standard InChI is InChI=1S/C21H28N4O/c1-24-13-15-25(16-14-24)20-9-7-19(8-10-20)23-17-21(26)22-12-11-18-5-3-2-4-6-18/h2-10,23H,11-17H2,1H3,(H,22,26). The number of nitrogens with one attached hydrogen (secondary N) is 2. The van der Waals surface area contributed by atoms with Crippen LogP contribution in [0.1, 0.15) is 5.56 Å². The third kappa shape index (κ3) is 5.49. The Morgan fingerprint density at radius 1 is 0.962 bits per heavy atom. The van der Waals surface area contributed by atoms with Crippen molar-refractivity contribution in [2.24, 2.45) is 0 Å². The lowest BCUT2D eigenvalue weighted by molar-refractivity contribution is -0.119. The van der Waals surface area contributed by atoms with Crippen molar-refractivity contribution in [3.63, 3.8) is 0 Å². The predicted octanol–water partition coefficient (Wildman–Crippen LogP) is 2.21. The first-order chi connectivity index (χ1) is 12.7. The molecule has 5 heteroatoms. The molecule has 1 heterocycles. The molecular formula is C21H28N4O. The van der Waals surface area contributed by atoms with E-state index in [0.717, 1.165) is 38.3 Å². The third-order valence-electron chi connectivity index (χ3n) is 4.77. The SMILES string of the molecule is CN1CCN(c2ccc(NCC(=O)NCCc3ccccc3)cc2)CC1. The fourth-order valence-electron chi connectivity index (χ4n) is 3.09. The summed E-state index contributed by atoms with van der Waals surface area (Å²) in [6.45, 7) is 5.28. The fraction of sp³-hybridized carbons (Fsp3) is 0.381. The minimum absolute atomic E-state index is 0.0177. The van der Waals surface area contributed by atoms with Gasteiger partial charge in [-0.2, -0.15) is 0 Å². The van der Waals surface area contributed by atoms with Gasteiger partial charge < -0.3 is 20.4 Å². The van der Waals surface area contributed by atoms with Gasteiger partial charge in [0.15, 0.2) is 0 Å². The van der Waals surface area contributed by atoms with Crippen molar-refractivity contribution in [1.29, 1.82) is 0 Å². The van der Waals surface area contributed by atoms with Crippen LogP contribution in [0.25, 0.3) is 0 Å². The van der Waals surface area contributed by atoms with Gasteiger partial charge in [-0.1, -0.05) is 30.3 Å². The molecule has 2 aromatic carbocycles. The maximum Gasteiger partial charge on any atom is 0.239 e. The van der Waals surface area contributed by atoms with Crippen LogP contribution in [0, 0.1) is 0 Å². The summed E-state index contributed by atoms with van der Waals surface area (Å²) in [5.74, 6) is 0.0177. The molecule has 138 valence electrons. The smallest absolute Gasteiger partial charge is 0.239 e. The predicted molar refractivity (Wildman–Crippen MR) is 108 cm³/mol. The molecule has 5 nitrogen and oxygen atoms in total. The van der Waals surface area contributed by atoms with Gasteiger partial charge in [-0.3, -0.25) is 4.79 Å². The number of nitrogens with zero attached hydrogens (tertiary/aromatic N) is 2. The molecule has 0 spiro atoms. The molecule has 1 saturated heterocycles. The minimum Gasteiger partial charge on any atom is -0.376 e. The topological polar surface area (TPSA) is 47.6 Å². The van der Waals surface area contributed by atoms with Crippen LogP contribution < -0.4 is 15.5 Å². The fourth-order valence-corrected chi connectivity index (χ4v) is 3.09. The first-order valence-electron chi connectivity index (χ1n) is 9.29. The lowest BCUT2D eigenvalue weighted by Gasteiger charge is -2.34. The van der Waals surface area contributed by atoms with E-state index in [1.807, 2.05) is 30.3 Å². The number of piperazine rings is 1. The van der Waals surface area contributed by atoms with Gasteiger partial charge in [-0.05, 0) is 43.3 Å². The van der Waals surface area contributed by atoms with Crippen LogP contribution in [0.4, 0.5) is 11.4 Å². The van der Waals surface area contributed by atoms with Gasteiger partial charge in [0.25, 0.3) is 0 Å². The Morgan fingerprint density at radius 3 is 2.35 bits per heavy atom. The Bertz CT molecular complexity index is 679. The molecule has 0 saturated carbocycles. The molecule has 1 amide bonds. The van der Waals surface area contributed by atoms with E-state index >= 15 is 0 Å². The van der Waals surface area contributed by atoms with Gasteiger partial charge in [-0.25, -0.2) is 0 Å². The Kier molecular flexibility index (Phi) is 6.50. The zero-order chi connectivity index (χ0) is 18.2. The van der Waals surface area contributed by atoms with E-state index in [0.29, 0.717) is 13.1 Å². The van der Waals surface area contributed by atoms with Crippen LogP contribution in [0.5, 0.6) is 0 Å². The van der Waals surface area contributed by atoms with Crippen LogP contribution in [0.3, 0.4) is 0 Å². The van der Waals surface area contributed by atoms with Crippen molar-refractivity contribution in [2.75, 3.05) is 56.5 Å². The second-order valence-corrected chi connectivity index (χ2v) is 6.78. The number of hydrogen-bond donors (Lipinski definition) is 2. The summed E-state index contributed by atoms with van der Waals surface area (Å²) < 4.78 is 0. The van der Waals surface area contributed by atoms with Crippen molar-refractivity contribution in [3.05, 3.63) is 60.2 Å². The van der Waals surface area contributed by atoms with Crippen molar-refractivity contribution in [2.45, 2.75) is 6.42 Å². The van der Waals surface area contributed by atoms with E-state index in [1.54, 1.807) is 0 Å². The van der Waals surface area contributed by atoms with Gasteiger partial charge in [0.05, 0.1) is 6.54 Å². The average molecular weight is 352 g/mol. The molecule has 0 radical (unpaired) electrons. The number of amides is 1. The highest BCUT2D eigenvalue weighted by molar-refractivity contribution is 5.80. The van der Waals surface area contributed by atoms with Gasteiger partial charge >= 0.3 is 0 Å². The molecule has 0 bridgehead atoms. The van der Waals surface area contributed by atoms with Gasteiger partial charge in [0, 0.05) is 44.1 Å². The number of anilines is 2. The number of hydrogen-bond acceptors (Lipinski definition) is 4. The summed E-state index contributed by atoms with van der Waals surface area (Å²) in [5, 5.41) is 6.15. The molecule has 3 rings (SSSR count). The zero-order valence-electron chi connectivity index (χ0n) is 15.4. The van der Waals surface area contributed by atoms with E-state index in [2.05, 4.69) is 51.7 Å². The van der Waals surface area contributed by atoms with Crippen molar-refractivity contribution >= 4 is 17.3 Å². The molecule has 0 unspecified atom stereocenters. The molecular weight excluding hydrogens is 324 g/mol. The normalized spacial score (nSPS) is 14.9. The Hall–Kier alpha value is -2.53. The first-order valence-corrected chi connectivity index (χ1v) is 9.29. The number of rotatable bonds is 7. The van der Waals surface area contributed by atoms with Crippen molar-refractivity contribution < 1.29 is 4.79 Å². The summed E-state index contributed by atoms with van der Waals surface area (Å²) in [6.07, 6.45) is 0.853. The monoisotopic (exact) mass is 352 g/mol. The highest BCUT2D eigenvalue weighted by Gasteiger charge is 2.13. The van der Waals surface area contributed by atoms with Crippen LogP contribution >= 0.6 is 0 Å². The summed E-state index contributed by atoms with van der Waals surface area (Å²) in [4.78, 5) is 16.7. The van der Waals surface area contributed by atoms with Gasteiger partial charge in [0.2, 0.25) is 5.91 Å². The highest BCUT2D eigenvalue weighted by Crippen LogP contribution is 2.19. The van der Waals surface area contributed by atoms with Crippen molar-refractivity contribution in [3.8, 4) is 0 Å². The number of benzene rings is 2. The van der Waals surface area contributed by atoms with Crippen LogP contribution in [0.2, 0.25) is 0 Å². The van der Waals surface area contributed by atoms with E-state index in [4.69, 9.17) is 0 Å². The van der Waals surface area contributed by atoms with Gasteiger partial charge in [0.1, 0.15) is 0 Å². The molecule has 0 atom stereocenters. The van der Waals surface area contributed by atoms with Crippen molar-refractivity contribution in [1.82, 2.24) is 10.2 Å². The number of carbonyl (C=O) groups is 1. The zero-order valence-corrected chi connectivity index (χ0v) is 15.4. The highest BCUT2D eigenvalue weighted by atomic mass is 16.1. The lowest BCUT2D eigenvalue weighted by atomic mass is 10.1. The molecule has 1 fully saturated rings. The van der Waals surface area contributed by atoms with Crippen LogP contribution in [-0.4, -0.2) is 57.1 Å². The third-order valence-corrected chi connectivity index (χ3v) is 4.77. The Labute approximate surface area is 156 Å². The molecule has 0 aliphatic carbocycles. The van der Waals surface area contributed by atoms with E-state index in [-0.39, 0.29) is 5.91 Å². The second kappa shape index (κ2) is 9.25. The molecule has 26 heavy (non-hydrogen) atoms. The van der Waals surface area contributed by atoms with E-state index < -0.39 is 0 Å². The maximum absolute atomic E-state index is 12.0. The summed E-state index contributed by atoms with van der Waals surface area (Å²) in [7, 11) is 2.16. The quantitative estimate of drug-likeness (QED) is 0.802. The second-order valence-electron chi connectivity index (χ2n) is 6.78. The Morgan fingerprint density at radius 2 is 1.65 bits per heavy atom. The van der Waals surface area contributed by atoms with Crippen LogP contribution in [-0.2, 0) is 11.2 Å². The minimum atomic E-state index is 0.0177. The first kappa shape index (κ1) is 18.3. The molecule has 2 N–H and O–H groups in total. The van der Waals surface area contributed by atoms with Gasteiger partial charge in [-0.15, -0.1) is 0 Å². The molecule has 2 aromatic rings. The summed E-state index contributed by atoms with van der Waals surface area (Å²) in [5.41, 5.74) is 3.46. The van der Waals surface area contributed by atoms with E-state index in [9.17, 15) is 4.79 Å². The average Bonchev–Trinajstić information content (AvgIpc) is 2.68. The Balaban J connectivity index is 1.38. The van der Waals surface area contributed by atoms with E-state index in [1.165, 1.54) is 11.3 Å². The lowest BCUT2D eigenvalue weighted by Crippen LogP contribution is -2.44. The largest absolute Gasteiger partial charge is 0.376 e. The number of carbonyl (C=O) groups excluding carboxylic acids is 1. The maximum atomic E-state index is 12.0. The summed E-state index contributed by atoms with van der Waals surface area (Å²) in [6, 6.07) is 18.5. The number of likely N-dealkylation sites (N-methyl/N-ethyl adjacent to an activating group) is 1. The summed E-state index contributed by atoms with van der Waals surface area (Å²) >= 11 is 0. The van der Waals surface area contributed by atoms with Crippen LogP contribution in [0.15, 0.2) is 54.6 Å². The molecule has 1 aliphatic rings. The molecule has 1 aliphatic heterocycles. The molecule has 0 aromatic heterocycles.